The molecule has 4 bridgehead atoms. The zero-order valence-electron chi connectivity index (χ0n) is 19.4. The van der Waals surface area contributed by atoms with Crippen LogP contribution in [0, 0.1) is 17.8 Å². The smallest absolute Gasteiger partial charge is 0.264 e. The highest BCUT2D eigenvalue weighted by atomic mass is 32.2. The predicted octanol–water partition coefficient (Wildman–Crippen LogP) is 1.18. The van der Waals surface area contributed by atoms with E-state index < -0.39 is 16.2 Å². The van der Waals surface area contributed by atoms with Crippen molar-refractivity contribution in [1.82, 2.24) is 24.7 Å². The van der Waals surface area contributed by atoms with E-state index in [0.717, 1.165) is 48.4 Å². The molecule has 7 aliphatic rings. The van der Waals surface area contributed by atoms with Crippen LogP contribution in [0.5, 0.6) is 0 Å². The topological polar surface area (TPSA) is 85.0 Å². The summed E-state index contributed by atoms with van der Waals surface area (Å²) in [6.45, 7) is 3.08. The fourth-order valence-corrected chi connectivity index (χ4v) is 8.43. The van der Waals surface area contributed by atoms with Gasteiger partial charge >= 0.3 is 0 Å². The second-order valence-corrected chi connectivity index (χ2v) is 13.1. The SMILES string of the molecule is CS(=O)(=O)N1CCN(CC2=C3C=CC=CN3C(C(=O)NC34CC5CC(CC(C5)C3)C4)N2)CC1. The van der Waals surface area contributed by atoms with Crippen molar-refractivity contribution in [2.45, 2.75) is 50.2 Å². The van der Waals surface area contributed by atoms with E-state index in [1.165, 1.54) is 25.5 Å². The van der Waals surface area contributed by atoms with Gasteiger partial charge in [-0.1, -0.05) is 6.08 Å². The number of allylic oxidation sites excluding steroid dienone is 3. The maximum atomic E-state index is 13.6. The number of hydrogen-bond donors (Lipinski definition) is 2. The highest BCUT2D eigenvalue weighted by molar-refractivity contribution is 7.88. The van der Waals surface area contributed by atoms with E-state index >= 15 is 0 Å². The van der Waals surface area contributed by atoms with Crippen LogP contribution in [0.25, 0.3) is 0 Å². The summed E-state index contributed by atoms with van der Waals surface area (Å²) in [5.74, 6) is 2.45. The number of amides is 1. The summed E-state index contributed by atoms with van der Waals surface area (Å²) in [6.07, 6.45) is 16.4. The molecule has 1 unspecified atom stereocenters. The zero-order valence-corrected chi connectivity index (χ0v) is 20.2. The average Bonchev–Trinajstić information content (AvgIpc) is 3.11. The van der Waals surface area contributed by atoms with Gasteiger partial charge in [-0.2, -0.15) is 4.31 Å². The van der Waals surface area contributed by atoms with Gasteiger partial charge in [0.05, 0.1) is 17.6 Å². The zero-order chi connectivity index (χ0) is 22.8. The summed E-state index contributed by atoms with van der Waals surface area (Å²) in [5.41, 5.74) is 2.07. The van der Waals surface area contributed by atoms with Crippen LogP contribution in [-0.2, 0) is 14.8 Å². The third-order valence-electron chi connectivity index (χ3n) is 8.65. The van der Waals surface area contributed by atoms with Gasteiger partial charge in [0.25, 0.3) is 5.91 Å². The average molecular weight is 474 g/mol. The van der Waals surface area contributed by atoms with Crippen LogP contribution in [0.15, 0.2) is 35.8 Å². The van der Waals surface area contributed by atoms with E-state index in [4.69, 9.17) is 0 Å². The molecule has 0 aromatic carbocycles. The molecule has 3 aliphatic heterocycles. The van der Waals surface area contributed by atoms with E-state index in [-0.39, 0.29) is 11.4 Å². The van der Waals surface area contributed by atoms with E-state index in [1.807, 2.05) is 18.4 Å². The number of carbonyl (C=O) groups is 1. The fourth-order valence-electron chi connectivity index (χ4n) is 7.60. The summed E-state index contributed by atoms with van der Waals surface area (Å²) in [7, 11) is -3.14. The van der Waals surface area contributed by atoms with Gasteiger partial charge in [-0.25, -0.2) is 8.42 Å². The molecule has 33 heavy (non-hydrogen) atoms. The number of fused-ring (bicyclic) bond motifs is 1. The first-order valence-electron chi connectivity index (χ1n) is 12.4. The van der Waals surface area contributed by atoms with Gasteiger partial charge in [-0.05, 0) is 68.4 Å². The van der Waals surface area contributed by atoms with Crippen molar-refractivity contribution in [3.05, 3.63) is 35.8 Å². The van der Waals surface area contributed by atoms with E-state index in [2.05, 4.69) is 26.5 Å². The first-order valence-corrected chi connectivity index (χ1v) is 14.3. The van der Waals surface area contributed by atoms with Crippen molar-refractivity contribution in [3.8, 4) is 0 Å². The first-order chi connectivity index (χ1) is 15.8. The Morgan fingerprint density at radius 2 is 1.70 bits per heavy atom. The maximum Gasteiger partial charge on any atom is 0.264 e. The van der Waals surface area contributed by atoms with Gasteiger partial charge in [-0.3, -0.25) is 9.69 Å². The molecule has 1 amide bonds. The van der Waals surface area contributed by atoms with Gasteiger partial charge in [0.2, 0.25) is 10.0 Å². The predicted molar refractivity (Wildman–Crippen MR) is 126 cm³/mol. The number of carbonyl (C=O) groups excluding carboxylic acids is 1. The summed E-state index contributed by atoms with van der Waals surface area (Å²) >= 11 is 0. The van der Waals surface area contributed by atoms with Gasteiger partial charge in [-0.15, -0.1) is 0 Å². The summed E-state index contributed by atoms with van der Waals surface area (Å²) < 4.78 is 25.2. The Hall–Kier alpha value is -1.84. The van der Waals surface area contributed by atoms with E-state index in [1.54, 1.807) is 4.31 Å². The van der Waals surface area contributed by atoms with Gasteiger partial charge in [0, 0.05) is 44.5 Å². The monoisotopic (exact) mass is 473 g/mol. The maximum absolute atomic E-state index is 13.6. The molecule has 1 atom stereocenters. The Morgan fingerprint density at radius 1 is 1.06 bits per heavy atom. The molecule has 0 spiro atoms. The standard InChI is InChI=1S/C24H35N5O3S/c1-33(31,32)28-8-6-27(7-9-28)16-20-21-4-2-3-5-29(21)22(25-20)23(30)26-24-13-17-10-18(14-24)12-19(11-17)15-24/h2-5,17-19,22,25H,6-16H2,1H3,(H,26,30). The van der Waals surface area contributed by atoms with E-state index in [9.17, 15) is 13.2 Å². The third kappa shape index (κ3) is 4.02. The number of rotatable bonds is 5. The molecule has 9 heteroatoms. The number of nitrogens with one attached hydrogen (secondary N) is 2. The molecule has 0 aromatic heterocycles. The molecular weight excluding hydrogens is 438 g/mol. The first kappa shape index (κ1) is 21.7. The highest BCUT2D eigenvalue weighted by Gasteiger charge is 2.52. The molecule has 0 aromatic rings. The van der Waals surface area contributed by atoms with Crippen LogP contribution in [0.4, 0.5) is 0 Å². The summed E-state index contributed by atoms with van der Waals surface area (Å²) in [5, 5.41) is 7.05. The fraction of sp³-hybridized carbons (Fsp3) is 0.708. The summed E-state index contributed by atoms with van der Waals surface area (Å²) in [4.78, 5) is 17.9. The number of nitrogens with zero attached hydrogens (tertiary/aromatic N) is 3. The van der Waals surface area contributed by atoms with Crippen LogP contribution in [0.1, 0.15) is 38.5 Å². The number of hydrogen-bond acceptors (Lipinski definition) is 6. The Balaban J connectivity index is 1.13. The molecule has 4 saturated carbocycles. The van der Waals surface area contributed by atoms with Crippen LogP contribution in [0.3, 0.4) is 0 Å². The van der Waals surface area contributed by atoms with Crippen molar-refractivity contribution in [1.29, 1.82) is 0 Å². The Bertz CT molecular complexity index is 989. The van der Waals surface area contributed by atoms with Crippen LogP contribution in [0.2, 0.25) is 0 Å². The lowest BCUT2D eigenvalue weighted by Crippen LogP contribution is -2.63. The van der Waals surface area contributed by atoms with Crippen molar-refractivity contribution < 1.29 is 13.2 Å². The van der Waals surface area contributed by atoms with Crippen molar-refractivity contribution >= 4 is 15.9 Å². The highest BCUT2D eigenvalue weighted by Crippen LogP contribution is 2.55. The third-order valence-corrected chi connectivity index (χ3v) is 9.95. The quantitative estimate of drug-likeness (QED) is 0.624. The molecule has 2 N–H and O–H groups in total. The molecule has 180 valence electrons. The Kier molecular flexibility index (Phi) is 5.16. The van der Waals surface area contributed by atoms with Crippen LogP contribution in [-0.4, -0.2) is 79.1 Å². The lowest BCUT2D eigenvalue weighted by molar-refractivity contribution is -0.131. The minimum Gasteiger partial charge on any atom is -0.358 e. The molecule has 1 saturated heterocycles. The molecule has 4 aliphatic carbocycles. The number of sulfonamides is 1. The molecule has 0 radical (unpaired) electrons. The second kappa shape index (κ2) is 7.85. The van der Waals surface area contributed by atoms with Gasteiger partial charge in [0.1, 0.15) is 0 Å². The van der Waals surface area contributed by atoms with E-state index in [0.29, 0.717) is 32.7 Å². The molecule has 5 fully saturated rings. The minimum atomic E-state index is -3.14. The summed E-state index contributed by atoms with van der Waals surface area (Å²) in [6, 6.07) is 0. The molecular formula is C24H35N5O3S. The number of piperazine rings is 1. The van der Waals surface area contributed by atoms with Gasteiger partial charge in [0.15, 0.2) is 6.17 Å². The van der Waals surface area contributed by atoms with Crippen LogP contribution < -0.4 is 10.6 Å². The van der Waals surface area contributed by atoms with Crippen molar-refractivity contribution in [3.63, 3.8) is 0 Å². The van der Waals surface area contributed by atoms with Gasteiger partial charge < -0.3 is 15.5 Å². The normalized spacial score (nSPS) is 38.0. The largest absolute Gasteiger partial charge is 0.358 e. The van der Waals surface area contributed by atoms with Crippen LogP contribution >= 0.6 is 0 Å². The molecule has 8 nitrogen and oxygen atoms in total. The van der Waals surface area contributed by atoms with Crippen molar-refractivity contribution in [2.24, 2.45) is 17.8 Å². The lowest BCUT2D eigenvalue weighted by Gasteiger charge is -2.57. The lowest BCUT2D eigenvalue weighted by atomic mass is 9.53. The van der Waals surface area contributed by atoms with Crippen molar-refractivity contribution in [2.75, 3.05) is 39.0 Å². The Morgan fingerprint density at radius 3 is 2.30 bits per heavy atom. The minimum absolute atomic E-state index is 0.00621. The second-order valence-electron chi connectivity index (χ2n) is 11.1. The molecule has 7 rings (SSSR count). The molecule has 3 heterocycles. The Labute approximate surface area is 196 Å².